The maximum atomic E-state index is 10.2. The summed E-state index contributed by atoms with van der Waals surface area (Å²) in [7, 11) is 0. The summed E-state index contributed by atoms with van der Waals surface area (Å²) < 4.78 is 0.684. The van der Waals surface area contributed by atoms with Gasteiger partial charge >= 0.3 is 0 Å². The van der Waals surface area contributed by atoms with Crippen molar-refractivity contribution in [3.05, 3.63) is 43.2 Å². The first-order valence-corrected chi connectivity index (χ1v) is 11.0. The molecule has 0 fully saturated rings. The van der Waals surface area contributed by atoms with Crippen molar-refractivity contribution in [3.63, 3.8) is 0 Å². The Morgan fingerprint density at radius 3 is 2.96 bits per heavy atom. The highest BCUT2D eigenvalue weighted by atomic mass is 127. The number of hydrogen-bond donors (Lipinski definition) is 3. The normalized spacial score (nSPS) is 15.7. The van der Waals surface area contributed by atoms with Crippen molar-refractivity contribution in [2.24, 2.45) is 4.99 Å². The number of nitrogens with zero attached hydrogens (tertiary/aromatic N) is 2. The number of rotatable bonds is 7. The second kappa shape index (κ2) is 11.6. The largest absolute Gasteiger partial charge is 0.386 e. The van der Waals surface area contributed by atoms with E-state index in [1.165, 1.54) is 21.8 Å². The van der Waals surface area contributed by atoms with Crippen molar-refractivity contribution < 1.29 is 5.11 Å². The lowest BCUT2D eigenvalue weighted by atomic mass is 10.1. The van der Waals surface area contributed by atoms with Gasteiger partial charge in [0.2, 0.25) is 0 Å². The fourth-order valence-electron chi connectivity index (χ4n) is 2.95. The van der Waals surface area contributed by atoms with Crippen LogP contribution in [0.4, 0.5) is 0 Å². The molecule has 0 amide bonds. The SMILES string of the molecule is CCNC(=NCC(O)c1ccc(Cl)s1)NCCN1CCc2sccc2C1.I. The van der Waals surface area contributed by atoms with Crippen molar-refractivity contribution in [2.75, 3.05) is 32.7 Å². The molecule has 3 rings (SSSR count). The van der Waals surface area contributed by atoms with E-state index >= 15 is 0 Å². The van der Waals surface area contributed by atoms with Gasteiger partial charge in [-0.1, -0.05) is 11.6 Å². The molecule has 1 atom stereocenters. The Kier molecular flexibility index (Phi) is 9.81. The summed E-state index contributed by atoms with van der Waals surface area (Å²) in [6.45, 7) is 7.08. The third-order valence-corrected chi connectivity index (χ3v) is 6.65. The topological polar surface area (TPSA) is 59.9 Å². The van der Waals surface area contributed by atoms with Crippen LogP contribution in [0.1, 0.15) is 28.3 Å². The second-order valence-corrected chi connectivity index (χ2v) is 8.95. The van der Waals surface area contributed by atoms with E-state index in [2.05, 4.69) is 32.0 Å². The van der Waals surface area contributed by atoms with Crippen molar-refractivity contribution in [3.8, 4) is 0 Å². The summed E-state index contributed by atoms with van der Waals surface area (Å²) >= 11 is 9.19. The predicted molar refractivity (Wildman–Crippen MR) is 127 cm³/mol. The first kappa shape index (κ1) is 22.9. The van der Waals surface area contributed by atoms with Crippen molar-refractivity contribution in [1.82, 2.24) is 15.5 Å². The zero-order chi connectivity index (χ0) is 18.4. The van der Waals surface area contributed by atoms with E-state index in [9.17, 15) is 5.11 Å². The minimum atomic E-state index is -0.623. The minimum Gasteiger partial charge on any atom is -0.386 e. The summed E-state index contributed by atoms with van der Waals surface area (Å²) in [5, 5.41) is 19.0. The van der Waals surface area contributed by atoms with Crippen LogP contribution in [-0.2, 0) is 13.0 Å². The first-order chi connectivity index (χ1) is 12.7. The molecule has 1 aliphatic heterocycles. The number of guanidine groups is 1. The first-order valence-electron chi connectivity index (χ1n) is 8.88. The van der Waals surface area contributed by atoms with Gasteiger partial charge in [-0.3, -0.25) is 9.89 Å². The summed E-state index contributed by atoms with van der Waals surface area (Å²) in [4.78, 5) is 9.34. The third-order valence-electron chi connectivity index (χ3n) is 4.30. The Bertz CT molecular complexity index is 737. The molecule has 0 spiro atoms. The molecule has 3 N–H and O–H groups in total. The Morgan fingerprint density at radius 1 is 1.37 bits per heavy atom. The van der Waals surface area contributed by atoms with E-state index in [0.29, 0.717) is 10.9 Å². The van der Waals surface area contributed by atoms with Crippen molar-refractivity contribution in [1.29, 1.82) is 0 Å². The molecule has 0 saturated heterocycles. The highest BCUT2D eigenvalue weighted by Crippen LogP contribution is 2.27. The van der Waals surface area contributed by atoms with Crippen LogP contribution < -0.4 is 10.6 Å². The monoisotopic (exact) mass is 540 g/mol. The molecule has 27 heavy (non-hydrogen) atoms. The van der Waals surface area contributed by atoms with Gasteiger partial charge in [0.15, 0.2) is 5.96 Å². The Hall–Kier alpha value is -0.390. The zero-order valence-corrected chi connectivity index (χ0v) is 20.0. The molecule has 9 heteroatoms. The van der Waals surface area contributed by atoms with Crippen LogP contribution in [0.3, 0.4) is 0 Å². The van der Waals surface area contributed by atoms with E-state index in [4.69, 9.17) is 11.6 Å². The van der Waals surface area contributed by atoms with Gasteiger partial charge in [-0.15, -0.1) is 46.7 Å². The zero-order valence-electron chi connectivity index (χ0n) is 15.3. The van der Waals surface area contributed by atoms with Gasteiger partial charge in [0.1, 0.15) is 6.10 Å². The summed E-state index contributed by atoms with van der Waals surface area (Å²) in [5.41, 5.74) is 1.47. The number of aliphatic hydroxyl groups is 1. The molecule has 2 aromatic heterocycles. The number of hydrogen-bond acceptors (Lipinski definition) is 5. The molecule has 150 valence electrons. The fraction of sp³-hybridized carbons (Fsp3) is 0.500. The molecule has 0 bridgehead atoms. The van der Waals surface area contributed by atoms with Crippen LogP contribution in [0.15, 0.2) is 28.6 Å². The number of aliphatic hydroxyl groups excluding tert-OH is 1. The third kappa shape index (κ3) is 6.86. The molecule has 0 saturated carbocycles. The van der Waals surface area contributed by atoms with Crippen LogP contribution in [0.2, 0.25) is 4.34 Å². The summed E-state index contributed by atoms with van der Waals surface area (Å²) in [6.07, 6.45) is 0.526. The lowest BCUT2D eigenvalue weighted by Crippen LogP contribution is -2.42. The van der Waals surface area contributed by atoms with Crippen molar-refractivity contribution >= 4 is 64.2 Å². The van der Waals surface area contributed by atoms with E-state index < -0.39 is 6.10 Å². The number of nitrogens with one attached hydrogen (secondary N) is 2. The molecule has 3 heterocycles. The van der Waals surface area contributed by atoms with Gasteiger partial charge in [0.25, 0.3) is 0 Å². The Morgan fingerprint density at radius 2 is 2.22 bits per heavy atom. The molecule has 0 radical (unpaired) electrons. The predicted octanol–water partition coefficient (Wildman–Crippen LogP) is 3.73. The number of aliphatic imine (C=N–C) groups is 1. The average molecular weight is 541 g/mol. The van der Waals surface area contributed by atoms with E-state index in [1.807, 2.05) is 24.3 Å². The maximum absolute atomic E-state index is 10.2. The van der Waals surface area contributed by atoms with Gasteiger partial charge in [0.05, 0.1) is 10.9 Å². The van der Waals surface area contributed by atoms with Gasteiger partial charge < -0.3 is 15.7 Å². The van der Waals surface area contributed by atoms with Gasteiger partial charge in [-0.2, -0.15) is 0 Å². The van der Waals surface area contributed by atoms with Crippen molar-refractivity contribution in [2.45, 2.75) is 26.0 Å². The molecule has 0 aliphatic carbocycles. The Balaban J connectivity index is 0.00000261. The highest BCUT2D eigenvalue weighted by Gasteiger charge is 2.16. The number of thiophene rings is 2. The molecular weight excluding hydrogens is 515 g/mol. The molecule has 1 aliphatic rings. The smallest absolute Gasteiger partial charge is 0.191 e. The summed E-state index contributed by atoms with van der Waals surface area (Å²) in [5.74, 6) is 0.738. The van der Waals surface area contributed by atoms with Gasteiger partial charge in [0, 0.05) is 42.5 Å². The molecular formula is C18H26ClIN4OS2. The van der Waals surface area contributed by atoms with Gasteiger partial charge in [-0.05, 0) is 42.5 Å². The number of fused-ring (bicyclic) bond motifs is 1. The van der Waals surface area contributed by atoms with Crippen LogP contribution >= 0.6 is 58.3 Å². The summed E-state index contributed by atoms with van der Waals surface area (Å²) in [6, 6.07) is 5.89. The fourth-order valence-corrected chi connectivity index (χ4v) is 4.87. The van der Waals surface area contributed by atoms with Crippen LogP contribution in [-0.4, -0.2) is 48.7 Å². The van der Waals surface area contributed by atoms with E-state index in [1.54, 1.807) is 6.07 Å². The minimum absolute atomic E-state index is 0. The van der Waals surface area contributed by atoms with Crippen LogP contribution in [0.5, 0.6) is 0 Å². The van der Waals surface area contributed by atoms with Crippen LogP contribution in [0, 0.1) is 0 Å². The highest BCUT2D eigenvalue weighted by molar-refractivity contribution is 14.0. The quantitative estimate of drug-likeness (QED) is 0.285. The lowest BCUT2D eigenvalue weighted by molar-refractivity contribution is 0.191. The number of halogens is 2. The lowest BCUT2D eigenvalue weighted by Gasteiger charge is -2.27. The standard InChI is InChI=1S/C18H25ClN4OS2.HI/c1-2-20-18(22-11-14(24)16-3-4-17(19)26-16)21-7-9-23-8-5-15-13(12-23)6-10-25-15;/h3-4,6,10,14,24H,2,5,7-9,11-12H2,1H3,(H2,20,21,22);1H. The van der Waals surface area contributed by atoms with Crippen LogP contribution in [0.25, 0.3) is 0 Å². The van der Waals surface area contributed by atoms with E-state index in [0.717, 1.165) is 50.0 Å². The molecule has 5 nitrogen and oxygen atoms in total. The Labute approximate surface area is 190 Å². The molecule has 2 aromatic rings. The maximum Gasteiger partial charge on any atom is 0.191 e. The molecule has 1 unspecified atom stereocenters. The van der Waals surface area contributed by atoms with E-state index in [-0.39, 0.29) is 24.0 Å². The second-order valence-electron chi connectivity index (χ2n) is 6.20. The molecule has 0 aromatic carbocycles. The average Bonchev–Trinajstić information content (AvgIpc) is 3.27. The van der Waals surface area contributed by atoms with Gasteiger partial charge in [-0.25, -0.2) is 0 Å².